The first-order valence-corrected chi connectivity index (χ1v) is 10.5. The maximum Gasteiger partial charge on any atom is 0.283 e. The van der Waals surface area contributed by atoms with E-state index in [0.29, 0.717) is 10.6 Å². The standard InChI is InChI=1S/C23H20N2O4S/c1-3-15-7-6-8-17(13-15)24-23(27)19-10-5-4-9-18(19)22(26)16-11-12-21(30-2)20(14-16)25(28)29/h4-14H,3H2,1-2H3,(H,24,27). The van der Waals surface area contributed by atoms with Crippen molar-refractivity contribution in [2.75, 3.05) is 11.6 Å². The van der Waals surface area contributed by atoms with Gasteiger partial charge in [0.1, 0.15) is 0 Å². The fourth-order valence-electron chi connectivity index (χ4n) is 3.08. The Balaban J connectivity index is 1.94. The molecule has 3 aromatic carbocycles. The van der Waals surface area contributed by atoms with Crippen LogP contribution in [0.2, 0.25) is 0 Å². The SMILES string of the molecule is CCc1cccc(NC(=O)c2ccccc2C(=O)c2ccc(SC)c([N+](=O)[O-])c2)c1. The lowest BCUT2D eigenvalue weighted by Gasteiger charge is -2.11. The van der Waals surface area contributed by atoms with Crippen LogP contribution < -0.4 is 5.32 Å². The second-order valence-electron chi connectivity index (χ2n) is 6.53. The summed E-state index contributed by atoms with van der Waals surface area (Å²) in [5, 5.41) is 14.2. The third-order valence-electron chi connectivity index (χ3n) is 4.65. The van der Waals surface area contributed by atoms with E-state index in [4.69, 9.17) is 0 Å². The molecule has 0 radical (unpaired) electrons. The maximum absolute atomic E-state index is 13.1. The normalized spacial score (nSPS) is 10.5. The number of benzene rings is 3. The topological polar surface area (TPSA) is 89.3 Å². The van der Waals surface area contributed by atoms with Crippen LogP contribution in [0.5, 0.6) is 0 Å². The number of nitro groups is 1. The Kier molecular flexibility index (Phi) is 6.64. The quantitative estimate of drug-likeness (QED) is 0.240. The third-order valence-corrected chi connectivity index (χ3v) is 5.43. The van der Waals surface area contributed by atoms with Gasteiger partial charge in [0, 0.05) is 22.9 Å². The van der Waals surface area contributed by atoms with E-state index >= 15 is 0 Å². The Morgan fingerprint density at radius 3 is 2.40 bits per heavy atom. The number of nitrogens with one attached hydrogen (secondary N) is 1. The second-order valence-corrected chi connectivity index (χ2v) is 7.37. The minimum absolute atomic E-state index is 0.133. The molecule has 3 rings (SSSR count). The summed E-state index contributed by atoms with van der Waals surface area (Å²) >= 11 is 1.24. The smallest absolute Gasteiger partial charge is 0.283 e. The lowest BCUT2D eigenvalue weighted by atomic mass is 9.97. The van der Waals surface area contributed by atoms with E-state index in [9.17, 15) is 19.7 Å². The van der Waals surface area contributed by atoms with Crippen LogP contribution >= 0.6 is 11.8 Å². The Morgan fingerprint density at radius 1 is 1.00 bits per heavy atom. The van der Waals surface area contributed by atoms with Crippen LogP contribution in [0.15, 0.2) is 71.6 Å². The van der Waals surface area contributed by atoms with E-state index in [1.165, 1.54) is 17.8 Å². The van der Waals surface area contributed by atoms with Gasteiger partial charge in [0.15, 0.2) is 5.78 Å². The fraction of sp³-hybridized carbons (Fsp3) is 0.130. The zero-order chi connectivity index (χ0) is 21.7. The number of anilines is 1. The minimum Gasteiger partial charge on any atom is -0.322 e. The van der Waals surface area contributed by atoms with Crippen LogP contribution in [0, 0.1) is 10.1 Å². The van der Waals surface area contributed by atoms with Gasteiger partial charge in [-0.1, -0.05) is 37.3 Å². The molecule has 0 aliphatic heterocycles. The minimum atomic E-state index is -0.512. The molecule has 0 saturated heterocycles. The van der Waals surface area contributed by atoms with Crippen LogP contribution in [0.25, 0.3) is 0 Å². The molecule has 0 aliphatic rings. The average Bonchev–Trinajstić information content (AvgIpc) is 2.78. The number of rotatable bonds is 7. The number of aryl methyl sites for hydroxylation is 1. The van der Waals surface area contributed by atoms with Crippen molar-refractivity contribution in [1.82, 2.24) is 0 Å². The summed E-state index contributed by atoms with van der Waals surface area (Å²) in [6.07, 6.45) is 2.57. The molecule has 0 fully saturated rings. The maximum atomic E-state index is 13.1. The highest BCUT2D eigenvalue weighted by molar-refractivity contribution is 7.98. The first-order valence-electron chi connectivity index (χ1n) is 9.31. The fourth-order valence-corrected chi connectivity index (χ4v) is 3.62. The number of nitrogens with zero attached hydrogens (tertiary/aromatic N) is 1. The summed E-state index contributed by atoms with van der Waals surface area (Å²) in [6.45, 7) is 2.02. The summed E-state index contributed by atoms with van der Waals surface area (Å²) < 4.78 is 0. The van der Waals surface area contributed by atoms with Crippen LogP contribution in [-0.4, -0.2) is 22.9 Å². The molecule has 6 nitrogen and oxygen atoms in total. The number of amides is 1. The number of thioether (sulfide) groups is 1. The van der Waals surface area contributed by atoms with E-state index < -0.39 is 16.6 Å². The Morgan fingerprint density at radius 2 is 1.73 bits per heavy atom. The van der Waals surface area contributed by atoms with Crippen molar-refractivity contribution in [3.63, 3.8) is 0 Å². The average molecular weight is 420 g/mol. The highest BCUT2D eigenvalue weighted by Gasteiger charge is 2.22. The largest absolute Gasteiger partial charge is 0.322 e. The number of carbonyl (C=O) groups is 2. The number of hydrogen-bond donors (Lipinski definition) is 1. The van der Waals surface area contributed by atoms with Gasteiger partial charge in [0.25, 0.3) is 11.6 Å². The van der Waals surface area contributed by atoms with Crippen molar-refractivity contribution >= 4 is 34.8 Å². The molecule has 1 amide bonds. The lowest BCUT2D eigenvalue weighted by molar-refractivity contribution is -0.387. The van der Waals surface area contributed by atoms with Gasteiger partial charge in [-0.15, -0.1) is 11.8 Å². The number of nitro benzene ring substituents is 1. The predicted octanol–water partition coefficient (Wildman–Crippen LogP) is 5.36. The van der Waals surface area contributed by atoms with Gasteiger partial charge in [0.05, 0.1) is 15.4 Å². The van der Waals surface area contributed by atoms with Crippen molar-refractivity contribution in [1.29, 1.82) is 0 Å². The van der Waals surface area contributed by atoms with Crippen molar-refractivity contribution in [2.24, 2.45) is 0 Å². The number of ketones is 1. The van der Waals surface area contributed by atoms with E-state index in [0.717, 1.165) is 12.0 Å². The molecule has 1 N–H and O–H groups in total. The number of carbonyl (C=O) groups excluding carboxylic acids is 2. The first kappa shape index (κ1) is 21.3. The molecule has 0 saturated carbocycles. The molecular weight excluding hydrogens is 400 g/mol. The molecule has 152 valence electrons. The van der Waals surface area contributed by atoms with Gasteiger partial charge >= 0.3 is 0 Å². The van der Waals surface area contributed by atoms with Crippen LogP contribution in [-0.2, 0) is 6.42 Å². The molecular formula is C23H20N2O4S. The highest BCUT2D eigenvalue weighted by atomic mass is 32.2. The van der Waals surface area contributed by atoms with E-state index in [1.54, 1.807) is 48.7 Å². The van der Waals surface area contributed by atoms with Gasteiger partial charge in [-0.25, -0.2) is 0 Å². The van der Waals surface area contributed by atoms with Crippen molar-refractivity contribution in [3.05, 3.63) is 99.1 Å². The molecule has 0 heterocycles. The van der Waals surface area contributed by atoms with E-state index in [1.807, 2.05) is 25.1 Å². The summed E-state index contributed by atoms with van der Waals surface area (Å²) in [5.74, 6) is -0.860. The monoisotopic (exact) mass is 420 g/mol. The zero-order valence-electron chi connectivity index (χ0n) is 16.5. The van der Waals surface area contributed by atoms with Gasteiger partial charge in [-0.05, 0) is 48.6 Å². The molecule has 0 aliphatic carbocycles. The molecule has 30 heavy (non-hydrogen) atoms. The van der Waals surface area contributed by atoms with Gasteiger partial charge in [0.2, 0.25) is 0 Å². The predicted molar refractivity (Wildman–Crippen MR) is 119 cm³/mol. The summed E-state index contributed by atoms with van der Waals surface area (Å²) in [5.41, 5.74) is 2.15. The summed E-state index contributed by atoms with van der Waals surface area (Å²) in [7, 11) is 0. The molecule has 0 spiro atoms. The van der Waals surface area contributed by atoms with Crippen molar-refractivity contribution < 1.29 is 14.5 Å². The summed E-state index contributed by atoms with van der Waals surface area (Å²) in [6, 6.07) is 18.3. The molecule has 0 unspecified atom stereocenters. The van der Waals surface area contributed by atoms with Crippen LogP contribution in [0.4, 0.5) is 11.4 Å². The Bertz CT molecular complexity index is 1130. The second kappa shape index (κ2) is 9.37. The highest BCUT2D eigenvalue weighted by Crippen LogP contribution is 2.29. The van der Waals surface area contributed by atoms with E-state index in [-0.39, 0.29) is 22.4 Å². The van der Waals surface area contributed by atoms with E-state index in [2.05, 4.69) is 5.32 Å². The van der Waals surface area contributed by atoms with Crippen LogP contribution in [0.3, 0.4) is 0 Å². The van der Waals surface area contributed by atoms with Crippen molar-refractivity contribution in [3.8, 4) is 0 Å². The van der Waals surface area contributed by atoms with Crippen molar-refractivity contribution in [2.45, 2.75) is 18.2 Å². The van der Waals surface area contributed by atoms with Gasteiger partial charge in [-0.2, -0.15) is 0 Å². The summed E-state index contributed by atoms with van der Waals surface area (Å²) in [4.78, 5) is 37.3. The molecule has 3 aromatic rings. The Labute approximate surface area is 178 Å². The van der Waals surface area contributed by atoms with Crippen LogP contribution in [0.1, 0.15) is 38.8 Å². The lowest BCUT2D eigenvalue weighted by Crippen LogP contribution is -2.17. The molecule has 0 atom stereocenters. The molecule has 7 heteroatoms. The first-order chi connectivity index (χ1) is 14.4. The molecule has 0 bridgehead atoms. The third kappa shape index (κ3) is 4.58. The van der Waals surface area contributed by atoms with Gasteiger partial charge < -0.3 is 5.32 Å². The number of hydrogen-bond acceptors (Lipinski definition) is 5. The Hall–Kier alpha value is -3.45. The molecule has 0 aromatic heterocycles. The van der Waals surface area contributed by atoms with Gasteiger partial charge in [-0.3, -0.25) is 19.7 Å². The zero-order valence-corrected chi connectivity index (χ0v) is 17.4.